The van der Waals surface area contributed by atoms with Gasteiger partial charge < -0.3 is 10.6 Å². The van der Waals surface area contributed by atoms with E-state index in [1.165, 1.54) is 6.07 Å². The average molecular weight is 276 g/mol. The number of halogens is 2. The van der Waals surface area contributed by atoms with Gasteiger partial charge in [-0.2, -0.15) is 0 Å². The second-order valence-electron chi connectivity index (χ2n) is 5.03. The molecule has 2 aromatic carbocycles. The fourth-order valence-corrected chi connectivity index (χ4v) is 2.13. The van der Waals surface area contributed by atoms with Crippen molar-refractivity contribution in [2.24, 2.45) is 0 Å². The van der Waals surface area contributed by atoms with Crippen LogP contribution in [0.4, 0.5) is 20.2 Å². The molecule has 0 radical (unpaired) electrons. The van der Waals surface area contributed by atoms with Crippen molar-refractivity contribution >= 4 is 11.4 Å². The topological polar surface area (TPSA) is 29.3 Å². The molecule has 0 aliphatic heterocycles. The van der Waals surface area contributed by atoms with Gasteiger partial charge in [-0.05, 0) is 25.5 Å². The fraction of sp³-hybridized carbons (Fsp3) is 0.250. The standard InChI is InChI=1S/C16H18F2N2/c1-11(2)20(10-12-6-4-3-5-7-12)15-9-13(17)8-14(18)16(15)19/h3-9,11H,10,19H2,1-2H3. The molecule has 2 rings (SSSR count). The minimum Gasteiger partial charge on any atom is -0.395 e. The molecular weight excluding hydrogens is 258 g/mol. The Morgan fingerprint density at radius 2 is 1.75 bits per heavy atom. The number of nitrogen functional groups attached to an aromatic ring is 1. The Hall–Kier alpha value is -2.10. The van der Waals surface area contributed by atoms with E-state index >= 15 is 0 Å². The van der Waals surface area contributed by atoms with E-state index in [0.29, 0.717) is 12.2 Å². The molecule has 0 aliphatic carbocycles. The molecule has 0 bridgehead atoms. The van der Waals surface area contributed by atoms with Gasteiger partial charge in [0.1, 0.15) is 5.82 Å². The first kappa shape index (κ1) is 14.3. The lowest BCUT2D eigenvalue weighted by Gasteiger charge is -2.30. The van der Waals surface area contributed by atoms with Crippen molar-refractivity contribution in [2.75, 3.05) is 10.6 Å². The number of rotatable bonds is 4. The minimum atomic E-state index is -0.723. The molecule has 0 aromatic heterocycles. The number of hydrogen-bond donors (Lipinski definition) is 1. The van der Waals surface area contributed by atoms with Crippen LogP contribution in [0.2, 0.25) is 0 Å². The van der Waals surface area contributed by atoms with Gasteiger partial charge in [0.2, 0.25) is 0 Å². The van der Waals surface area contributed by atoms with E-state index in [9.17, 15) is 8.78 Å². The van der Waals surface area contributed by atoms with Crippen LogP contribution < -0.4 is 10.6 Å². The summed E-state index contributed by atoms with van der Waals surface area (Å²) in [6.45, 7) is 4.47. The van der Waals surface area contributed by atoms with Crippen LogP contribution in [0, 0.1) is 11.6 Å². The van der Waals surface area contributed by atoms with Gasteiger partial charge in [-0.15, -0.1) is 0 Å². The average Bonchev–Trinajstić information content (AvgIpc) is 2.41. The predicted molar refractivity (Wildman–Crippen MR) is 78.5 cm³/mol. The normalized spacial score (nSPS) is 10.8. The third-order valence-corrected chi connectivity index (χ3v) is 3.20. The van der Waals surface area contributed by atoms with E-state index in [4.69, 9.17) is 5.73 Å². The molecule has 2 N–H and O–H groups in total. The summed E-state index contributed by atoms with van der Waals surface area (Å²) in [6, 6.07) is 11.9. The Morgan fingerprint density at radius 1 is 1.10 bits per heavy atom. The molecule has 106 valence electrons. The van der Waals surface area contributed by atoms with Crippen molar-refractivity contribution in [2.45, 2.75) is 26.4 Å². The van der Waals surface area contributed by atoms with E-state index in [1.54, 1.807) is 0 Å². The van der Waals surface area contributed by atoms with Gasteiger partial charge in [0.15, 0.2) is 5.82 Å². The summed E-state index contributed by atoms with van der Waals surface area (Å²) < 4.78 is 27.1. The number of nitrogens with two attached hydrogens (primary N) is 1. The summed E-state index contributed by atoms with van der Waals surface area (Å²) >= 11 is 0. The van der Waals surface area contributed by atoms with Crippen molar-refractivity contribution in [1.82, 2.24) is 0 Å². The maximum atomic E-state index is 13.6. The summed E-state index contributed by atoms with van der Waals surface area (Å²) in [7, 11) is 0. The molecule has 2 aromatic rings. The molecule has 0 fully saturated rings. The number of anilines is 2. The van der Waals surface area contributed by atoms with Crippen LogP contribution in [0.15, 0.2) is 42.5 Å². The Labute approximate surface area is 117 Å². The van der Waals surface area contributed by atoms with Crippen LogP contribution in [0.25, 0.3) is 0 Å². The lowest BCUT2D eigenvalue weighted by Crippen LogP contribution is -2.31. The van der Waals surface area contributed by atoms with E-state index in [0.717, 1.165) is 11.6 Å². The van der Waals surface area contributed by atoms with E-state index < -0.39 is 11.6 Å². The number of benzene rings is 2. The lowest BCUT2D eigenvalue weighted by atomic mass is 10.1. The van der Waals surface area contributed by atoms with Gasteiger partial charge in [0.05, 0.1) is 11.4 Å². The van der Waals surface area contributed by atoms with Crippen LogP contribution in [0.1, 0.15) is 19.4 Å². The maximum absolute atomic E-state index is 13.6. The Morgan fingerprint density at radius 3 is 2.35 bits per heavy atom. The number of hydrogen-bond acceptors (Lipinski definition) is 2. The summed E-state index contributed by atoms with van der Waals surface area (Å²) in [5, 5.41) is 0. The van der Waals surface area contributed by atoms with Crippen LogP contribution in [-0.2, 0) is 6.54 Å². The fourth-order valence-electron chi connectivity index (χ4n) is 2.13. The highest BCUT2D eigenvalue weighted by Crippen LogP contribution is 2.30. The van der Waals surface area contributed by atoms with Crippen LogP contribution in [0.5, 0.6) is 0 Å². The maximum Gasteiger partial charge on any atom is 0.151 e. The van der Waals surface area contributed by atoms with E-state index in [1.807, 2.05) is 49.1 Å². The van der Waals surface area contributed by atoms with Gasteiger partial charge in [-0.3, -0.25) is 0 Å². The van der Waals surface area contributed by atoms with E-state index in [-0.39, 0.29) is 11.7 Å². The van der Waals surface area contributed by atoms with Gasteiger partial charge in [-0.1, -0.05) is 30.3 Å². The molecule has 0 spiro atoms. The monoisotopic (exact) mass is 276 g/mol. The molecule has 0 unspecified atom stereocenters. The van der Waals surface area contributed by atoms with Gasteiger partial charge in [-0.25, -0.2) is 8.78 Å². The molecular formula is C16H18F2N2. The molecule has 2 nitrogen and oxygen atoms in total. The molecule has 20 heavy (non-hydrogen) atoms. The largest absolute Gasteiger partial charge is 0.395 e. The zero-order valence-corrected chi connectivity index (χ0v) is 11.6. The first-order valence-electron chi connectivity index (χ1n) is 6.54. The third kappa shape index (κ3) is 3.07. The summed E-state index contributed by atoms with van der Waals surface area (Å²) in [6.07, 6.45) is 0. The highest BCUT2D eigenvalue weighted by atomic mass is 19.1. The van der Waals surface area contributed by atoms with Gasteiger partial charge in [0.25, 0.3) is 0 Å². The van der Waals surface area contributed by atoms with E-state index in [2.05, 4.69) is 0 Å². The summed E-state index contributed by atoms with van der Waals surface area (Å²) in [5.41, 5.74) is 7.19. The van der Waals surface area contributed by atoms with Crippen molar-refractivity contribution in [1.29, 1.82) is 0 Å². The lowest BCUT2D eigenvalue weighted by molar-refractivity contribution is 0.582. The first-order chi connectivity index (χ1) is 9.49. The number of nitrogens with zero attached hydrogens (tertiary/aromatic N) is 1. The second kappa shape index (κ2) is 5.90. The second-order valence-corrected chi connectivity index (χ2v) is 5.03. The summed E-state index contributed by atoms with van der Waals surface area (Å²) in [4.78, 5) is 1.89. The predicted octanol–water partition coefficient (Wildman–Crippen LogP) is 3.96. The quantitative estimate of drug-likeness (QED) is 0.856. The Bertz CT molecular complexity index is 583. The zero-order chi connectivity index (χ0) is 14.7. The molecule has 0 saturated carbocycles. The summed E-state index contributed by atoms with van der Waals surface area (Å²) in [5.74, 6) is -1.34. The van der Waals surface area contributed by atoms with Crippen LogP contribution >= 0.6 is 0 Å². The third-order valence-electron chi connectivity index (χ3n) is 3.20. The van der Waals surface area contributed by atoms with Crippen LogP contribution in [-0.4, -0.2) is 6.04 Å². The van der Waals surface area contributed by atoms with Gasteiger partial charge >= 0.3 is 0 Å². The Kier molecular flexibility index (Phi) is 4.23. The van der Waals surface area contributed by atoms with Crippen LogP contribution in [0.3, 0.4) is 0 Å². The smallest absolute Gasteiger partial charge is 0.151 e. The molecule has 0 heterocycles. The molecule has 4 heteroatoms. The van der Waals surface area contributed by atoms with Crippen molar-refractivity contribution < 1.29 is 8.78 Å². The van der Waals surface area contributed by atoms with Crippen molar-refractivity contribution in [3.05, 3.63) is 59.7 Å². The minimum absolute atomic E-state index is 0.0176. The Balaban J connectivity index is 2.39. The SMILES string of the molecule is CC(C)N(Cc1ccccc1)c1cc(F)cc(F)c1N. The molecule has 0 saturated heterocycles. The highest BCUT2D eigenvalue weighted by molar-refractivity contribution is 5.68. The molecule has 0 atom stereocenters. The van der Waals surface area contributed by atoms with Crippen molar-refractivity contribution in [3.8, 4) is 0 Å². The molecule has 0 amide bonds. The van der Waals surface area contributed by atoms with Crippen molar-refractivity contribution in [3.63, 3.8) is 0 Å². The highest BCUT2D eigenvalue weighted by Gasteiger charge is 2.17. The zero-order valence-electron chi connectivity index (χ0n) is 11.6. The van der Waals surface area contributed by atoms with Gasteiger partial charge in [0, 0.05) is 18.7 Å². The molecule has 0 aliphatic rings. The first-order valence-corrected chi connectivity index (χ1v) is 6.54.